The Morgan fingerprint density at radius 3 is 2.39 bits per heavy atom. The number of benzene rings is 1. The lowest BCUT2D eigenvalue weighted by molar-refractivity contribution is 0.600. The SMILES string of the molecule is Cc1ccccc1S(=O)(=O)Nc1n[nH]c(C)c1C. The molecule has 0 saturated carbocycles. The van der Waals surface area contributed by atoms with Crippen molar-refractivity contribution >= 4 is 15.8 Å². The second-order valence-electron chi connectivity index (χ2n) is 4.19. The van der Waals surface area contributed by atoms with Gasteiger partial charge in [-0.15, -0.1) is 0 Å². The van der Waals surface area contributed by atoms with E-state index < -0.39 is 10.0 Å². The van der Waals surface area contributed by atoms with Gasteiger partial charge in [-0.2, -0.15) is 5.10 Å². The Morgan fingerprint density at radius 1 is 1.17 bits per heavy atom. The van der Waals surface area contributed by atoms with Crippen LogP contribution in [0.3, 0.4) is 0 Å². The van der Waals surface area contributed by atoms with Crippen LogP contribution in [0.15, 0.2) is 29.2 Å². The molecule has 0 atom stereocenters. The average molecular weight is 265 g/mol. The fourth-order valence-electron chi connectivity index (χ4n) is 1.62. The van der Waals surface area contributed by atoms with Crippen LogP contribution in [0.5, 0.6) is 0 Å². The Balaban J connectivity index is 2.40. The van der Waals surface area contributed by atoms with Crippen LogP contribution in [-0.2, 0) is 10.0 Å². The predicted octanol–water partition coefficient (Wildman–Crippen LogP) is 2.14. The van der Waals surface area contributed by atoms with Crippen molar-refractivity contribution in [2.45, 2.75) is 25.7 Å². The minimum absolute atomic E-state index is 0.269. The van der Waals surface area contributed by atoms with Crippen molar-refractivity contribution in [2.75, 3.05) is 4.72 Å². The number of hydrogen-bond acceptors (Lipinski definition) is 3. The van der Waals surface area contributed by atoms with Crippen LogP contribution in [0.25, 0.3) is 0 Å². The second-order valence-corrected chi connectivity index (χ2v) is 5.84. The predicted molar refractivity (Wildman–Crippen MR) is 70.0 cm³/mol. The van der Waals surface area contributed by atoms with E-state index in [1.54, 1.807) is 31.2 Å². The highest BCUT2D eigenvalue weighted by molar-refractivity contribution is 7.92. The Bertz CT molecular complexity index is 674. The van der Waals surface area contributed by atoms with Gasteiger partial charge >= 0.3 is 0 Å². The number of aromatic nitrogens is 2. The topological polar surface area (TPSA) is 74.8 Å². The van der Waals surface area contributed by atoms with Gasteiger partial charge in [-0.1, -0.05) is 18.2 Å². The van der Waals surface area contributed by atoms with E-state index in [1.165, 1.54) is 0 Å². The molecule has 2 N–H and O–H groups in total. The van der Waals surface area contributed by atoms with Gasteiger partial charge in [0.1, 0.15) is 0 Å². The van der Waals surface area contributed by atoms with E-state index in [1.807, 2.05) is 13.8 Å². The molecule has 2 rings (SSSR count). The zero-order valence-electron chi connectivity index (χ0n) is 10.5. The van der Waals surface area contributed by atoms with Crippen molar-refractivity contribution in [2.24, 2.45) is 0 Å². The van der Waals surface area contributed by atoms with E-state index in [2.05, 4.69) is 14.9 Å². The first-order valence-electron chi connectivity index (χ1n) is 5.52. The highest BCUT2D eigenvalue weighted by Crippen LogP contribution is 2.20. The Kier molecular flexibility index (Phi) is 3.13. The summed E-state index contributed by atoms with van der Waals surface area (Å²) in [6.45, 7) is 5.42. The van der Waals surface area contributed by atoms with E-state index in [4.69, 9.17) is 0 Å². The standard InChI is InChI=1S/C12H15N3O2S/c1-8-6-4-5-7-11(8)18(16,17)15-12-9(2)10(3)13-14-12/h4-7H,1-3H3,(H2,13,14,15). The molecule has 0 aliphatic rings. The monoisotopic (exact) mass is 265 g/mol. The number of rotatable bonds is 3. The zero-order valence-corrected chi connectivity index (χ0v) is 11.3. The largest absolute Gasteiger partial charge is 0.280 e. The molecule has 0 radical (unpaired) electrons. The lowest BCUT2D eigenvalue weighted by Crippen LogP contribution is -2.15. The van der Waals surface area contributed by atoms with Crippen molar-refractivity contribution in [3.63, 3.8) is 0 Å². The maximum atomic E-state index is 12.2. The van der Waals surface area contributed by atoms with Crippen molar-refractivity contribution in [3.8, 4) is 0 Å². The molecule has 1 aromatic carbocycles. The van der Waals surface area contributed by atoms with Gasteiger partial charge < -0.3 is 0 Å². The molecule has 1 heterocycles. The zero-order chi connectivity index (χ0) is 13.3. The third-order valence-electron chi connectivity index (χ3n) is 2.87. The Hall–Kier alpha value is -1.82. The highest BCUT2D eigenvalue weighted by Gasteiger charge is 2.19. The number of hydrogen-bond donors (Lipinski definition) is 2. The van der Waals surface area contributed by atoms with Gasteiger partial charge in [-0.3, -0.25) is 9.82 Å². The average Bonchev–Trinajstić information content (AvgIpc) is 2.61. The molecule has 0 unspecified atom stereocenters. The Labute approximate surface area is 106 Å². The number of anilines is 1. The summed E-state index contributed by atoms with van der Waals surface area (Å²) < 4.78 is 26.9. The molecule has 0 amide bonds. The van der Waals surface area contributed by atoms with E-state index in [0.717, 1.165) is 11.3 Å². The lowest BCUT2D eigenvalue weighted by Gasteiger charge is -2.08. The number of sulfonamides is 1. The van der Waals surface area contributed by atoms with Gasteiger partial charge in [-0.25, -0.2) is 8.42 Å². The van der Waals surface area contributed by atoms with Crippen molar-refractivity contribution in [1.29, 1.82) is 0 Å². The first-order chi connectivity index (χ1) is 8.42. The molecule has 0 spiro atoms. The Morgan fingerprint density at radius 2 is 1.83 bits per heavy atom. The molecule has 0 aliphatic carbocycles. The minimum Gasteiger partial charge on any atom is -0.280 e. The summed E-state index contributed by atoms with van der Waals surface area (Å²) in [4.78, 5) is 0.269. The molecular weight excluding hydrogens is 250 g/mol. The van der Waals surface area contributed by atoms with Crippen molar-refractivity contribution in [3.05, 3.63) is 41.1 Å². The number of aryl methyl sites for hydroxylation is 2. The van der Waals surface area contributed by atoms with Gasteiger partial charge in [0.25, 0.3) is 10.0 Å². The van der Waals surface area contributed by atoms with Crippen LogP contribution in [0.2, 0.25) is 0 Å². The maximum Gasteiger partial charge on any atom is 0.263 e. The number of aromatic amines is 1. The first kappa shape index (κ1) is 12.6. The third-order valence-corrected chi connectivity index (χ3v) is 4.37. The van der Waals surface area contributed by atoms with Gasteiger partial charge in [0, 0.05) is 11.3 Å². The maximum absolute atomic E-state index is 12.2. The van der Waals surface area contributed by atoms with E-state index in [9.17, 15) is 8.42 Å². The van der Waals surface area contributed by atoms with Gasteiger partial charge in [0.05, 0.1) is 4.90 Å². The second kappa shape index (κ2) is 4.45. The molecule has 0 fully saturated rings. The highest BCUT2D eigenvalue weighted by atomic mass is 32.2. The lowest BCUT2D eigenvalue weighted by atomic mass is 10.2. The normalized spacial score (nSPS) is 11.5. The first-order valence-corrected chi connectivity index (χ1v) is 7.00. The van der Waals surface area contributed by atoms with Crippen LogP contribution >= 0.6 is 0 Å². The van der Waals surface area contributed by atoms with Crippen LogP contribution < -0.4 is 4.72 Å². The van der Waals surface area contributed by atoms with Crippen LogP contribution in [0, 0.1) is 20.8 Å². The van der Waals surface area contributed by atoms with Crippen LogP contribution in [-0.4, -0.2) is 18.6 Å². The molecule has 2 aromatic rings. The fourth-order valence-corrected chi connectivity index (χ4v) is 2.94. The molecule has 0 saturated heterocycles. The summed E-state index contributed by atoms with van der Waals surface area (Å²) in [5, 5.41) is 6.69. The van der Waals surface area contributed by atoms with E-state index >= 15 is 0 Å². The third kappa shape index (κ3) is 2.24. The summed E-state index contributed by atoms with van der Waals surface area (Å²) in [7, 11) is -3.59. The van der Waals surface area contributed by atoms with E-state index in [0.29, 0.717) is 11.4 Å². The minimum atomic E-state index is -3.59. The number of nitrogens with one attached hydrogen (secondary N) is 2. The molecule has 1 aromatic heterocycles. The van der Waals surface area contributed by atoms with Crippen molar-refractivity contribution in [1.82, 2.24) is 10.2 Å². The molecule has 18 heavy (non-hydrogen) atoms. The molecule has 6 heteroatoms. The van der Waals surface area contributed by atoms with Gasteiger partial charge in [-0.05, 0) is 32.4 Å². The molecule has 0 bridgehead atoms. The molecule has 5 nitrogen and oxygen atoms in total. The van der Waals surface area contributed by atoms with Crippen molar-refractivity contribution < 1.29 is 8.42 Å². The van der Waals surface area contributed by atoms with Crippen LogP contribution in [0.4, 0.5) is 5.82 Å². The van der Waals surface area contributed by atoms with Gasteiger partial charge in [0.2, 0.25) is 0 Å². The summed E-state index contributed by atoms with van der Waals surface area (Å²) in [5.74, 6) is 0.343. The van der Waals surface area contributed by atoms with Gasteiger partial charge in [0.15, 0.2) is 5.82 Å². The molecular formula is C12H15N3O2S. The quantitative estimate of drug-likeness (QED) is 0.892. The summed E-state index contributed by atoms with van der Waals surface area (Å²) in [6.07, 6.45) is 0. The molecule has 96 valence electrons. The summed E-state index contributed by atoms with van der Waals surface area (Å²) >= 11 is 0. The molecule has 0 aliphatic heterocycles. The summed E-state index contributed by atoms with van der Waals surface area (Å²) in [6, 6.07) is 6.84. The van der Waals surface area contributed by atoms with Crippen LogP contribution in [0.1, 0.15) is 16.8 Å². The fraction of sp³-hybridized carbons (Fsp3) is 0.250. The van der Waals surface area contributed by atoms with E-state index in [-0.39, 0.29) is 4.90 Å². The smallest absolute Gasteiger partial charge is 0.263 e. The summed E-state index contributed by atoms with van der Waals surface area (Å²) in [5.41, 5.74) is 2.35. The number of nitrogens with zero attached hydrogens (tertiary/aromatic N) is 1. The number of H-pyrrole nitrogens is 1.